The maximum atomic E-state index is 12.8. The number of carbonyl (C=O) groups excluding carboxylic acids is 2. The molecular formula is C21H26N2O2S. The van der Waals surface area contributed by atoms with Crippen LogP contribution in [0, 0.1) is 5.92 Å². The van der Waals surface area contributed by atoms with Crippen molar-refractivity contribution in [3.8, 4) is 0 Å². The third-order valence-electron chi connectivity index (χ3n) is 3.59. The lowest BCUT2D eigenvalue weighted by Crippen LogP contribution is -2.28. The first-order valence-corrected chi connectivity index (χ1v) is 9.70. The van der Waals surface area contributed by atoms with Gasteiger partial charge in [-0.1, -0.05) is 52.0 Å². The highest BCUT2D eigenvalue weighted by Crippen LogP contribution is 2.27. The van der Waals surface area contributed by atoms with Gasteiger partial charge in [0, 0.05) is 16.7 Å². The predicted octanol–water partition coefficient (Wildman–Crippen LogP) is 4.83. The fraction of sp³-hybridized carbons (Fsp3) is 0.333. The number of amides is 2. The molecule has 0 aliphatic heterocycles. The molecule has 2 aromatic carbocycles. The molecule has 0 fully saturated rings. The molecule has 26 heavy (non-hydrogen) atoms. The summed E-state index contributed by atoms with van der Waals surface area (Å²) in [6.45, 7) is 8.85. The van der Waals surface area contributed by atoms with Gasteiger partial charge in [0.2, 0.25) is 0 Å². The van der Waals surface area contributed by atoms with Gasteiger partial charge in [-0.25, -0.2) is 0 Å². The van der Waals surface area contributed by atoms with Crippen molar-refractivity contribution in [1.29, 1.82) is 0 Å². The third kappa shape index (κ3) is 5.63. The quantitative estimate of drug-likeness (QED) is 0.687. The number of para-hydroxylation sites is 1. The van der Waals surface area contributed by atoms with Crippen molar-refractivity contribution in [2.45, 2.75) is 37.8 Å². The molecule has 0 saturated carbocycles. The molecule has 0 radical (unpaired) electrons. The Morgan fingerprint density at radius 3 is 2.15 bits per heavy atom. The van der Waals surface area contributed by atoms with Crippen molar-refractivity contribution < 1.29 is 9.59 Å². The van der Waals surface area contributed by atoms with Crippen LogP contribution < -0.4 is 10.6 Å². The van der Waals surface area contributed by atoms with Crippen LogP contribution in [0.25, 0.3) is 0 Å². The summed E-state index contributed by atoms with van der Waals surface area (Å²) in [5.41, 5.74) is 1.60. The van der Waals surface area contributed by atoms with Crippen LogP contribution in [0.4, 0.5) is 5.69 Å². The van der Waals surface area contributed by atoms with Crippen LogP contribution in [-0.4, -0.2) is 23.6 Å². The molecule has 0 saturated heterocycles. The van der Waals surface area contributed by atoms with E-state index in [2.05, 4.69) is 24.5 Å². The molecular weight excluding hydrogens is 344 g/mol. The zero-order valence-corrected chi connectivity index (χ0v) is 16.5. The molecule has 4 nitrogen and oxygen atoms in total. The first-order chi connectivity index (χ1) is 12.4. The van der Waals surface area contributed by atoms with Crippen molar-refractivity contribution >= 4 is 29.3 Å². The molecule has 5 heteroatoms. The molecule has 2 N–H and O–H groups in total. The Morgan fingerprint density at radius 2 is 1.50 bits per heavy atom. The van der Waals surface area contributed by atoms with Gasteiger partial charge < -0.3 is 10.6 Å². The summed E-state index contributed by atoms with van der Waals surface area (Å²) in [6, 6.07) is 14.6. The highest BCUT2D eigenvalue weighted by atomic mass is 32.2. The van der Waals surface area contributed by atoms with Gasteiger partial charge in [0.25, 0.3) is 11.8 Å². The lowest BCUT2D eigenvalue weighted by molar-refractivity contribution is 0.0950. The topological polar surface area (TPSA) is 58.2 Å². The molecule has 0 spiro atoms. The Labute approximate surface area is 159 Å². The van der Waals surface area contributed by atoms with E-state index in [1.165, 1.54) is 0 Å². The van der Waals surface area contributed by atoms with Gasteiger partial charge >= 0.3 is 0 Å². The van der Waals surface area contributed by atoms with Crippen LogP contribution in [0.3, 0.4) is 0 Å². The minimum atomic E-state index is -0.210. The van der Waals surface area contributed by atoms with Crippen molar-refractivity contribution in [1.82, 2.24) is 5.32 Å². The van der Waals surface area contributed by atoms with Crippen LogP contribution >= 0.6 is 11.8 Å². The molecule has 0 unspecified atom stereocenters. The Morgan fingerprint density at radius 1 is 0.885 bits per heavy atom. The van der Waals surface area contributed by atoms with Crippen LogP contribution in [0.2, 0.25) is 0 Å². The minimum Gasteiger partial charge on any atom is -0.352 e. The summed E-state index contributed by atoms with van der Waals surface area (Å²) in [6.07, 6.45) is 0. The molecule has 138 valence electrons. The van der Waals surface area contributed by atoms with Gasteiger partial charge in [-0.2, -0.15) is 0 Å². The Balaban J connectivity index is 2.21. The number of benzene rings is 2. The van der Waals surface area contributed by atoms with Gasteiger partial charge in [-0.05, 0) is 30.2 Å². The zero-order valence-electron chi connectivity index (χ0n) is 15.7. The normalized spacial score (nSPS) is 10.8. The maximum Gasteiger partial charge on any atom is 0.256 e. The number of rotatable bonds is 7. The third-order valence-corrected chi connectivity index (χ3v) is 4.67. The lowest BCUT2D eigenvalue weighted by atomic mass is 10.1. The van der Waals surface area contributed by atoms with Gasteiger partial charge in [0.05, 0.1) is 16.8 Å². The average Bonchev–Trinajstić information content (AvgIpc) is 2.60. The van der Waals surface area contributed by atoms with Crippen LogP contribution in [0.15, 0.2) is 53.4 Å². The fourth-order valence-electron chi connectivity index (χ4n) is 2.38. The summed E-state index contributed by atoms with van der Waals surface area (Å²) in [5.74, 6) is -0.0297. The van der Waals surface area contributed by atoms with Crippen molar-refractivity contribution in [3.05, 3.63) is 59.7 Å². The fourth-order valence-corrected chi connectivity index (χ4v) is 3.34. The van der Waals surface area contributed by atoms with Gasteiger partial charge in [0.1, 0.15) is 0 Å². The number of thioether (sulfide) groups is 1. The molecule has 0 bridgehead atoms. The molecule has 0 heterocycles. The van der Waals surface area contributed by atoms with Crippen LogP contribution in [0.5, 0.6) is 0 Å². The van der Waals surface area contributed by atoms with E-state index < -0.39 is 0 Å². The molecule has 2 rings (SSSR count). The average molecular weight is 371 g/mol. The van der Waals surface area contributed by atoms with E-state index >= 15 is 0 Å². The first kappa shape index (κ1) is 20.0. The highest BCUT2D eigenvalue weighted by molar-refractivity contribution is 8.00. The Hall–Kier alpha value is -2.27. The van der Waals surface area contributed by atoms with E-state index in [9.17, 15) is 9.59 Å². The minimum absolute atomic E-state index is 0.181. The summed E-state index contributed by atoms with van der Waals surface area (Å²) < 4.78 is 0. The van der Waals surface area contributed by atoms with E-state index in [1.54, 1.807) is 30.0 Å². The highest BCUT2D eigenvalue weighted by Gasteiger charge is 2.16. The number of carbonyl (C=O) groups is 2. The second-order valence-corrected chi connectivity index (χ2v) is 8.38. The standard InChI is InChI=1S/C21H26N2O2S/c1-14(2)13-22-20(24)16-9-5-7-11-18(16)23-21(25)17-10-6-8-12-19(17)26-15(3)4/h5-12,14-15H,13H2,1-4H3,(H,22,24)(H,23,25). The van der Waals surface area contributed by atoms with Gasteiger partial charge in [-0.3, -0.25) is 9.59 Å². The SMILES string of the molecule is CC(C)CNC(=O)c1ccccc1NC(=O)c1ccccc1SC(C)C. The molecule has 0 aromatic heterocycles. The van der Waals surface area contributed by atoms with Crippen LogP contribution in [-0.2, 0) is 0 Å². The summed E-state index contributed by atoms with van der Waals surface area (Å²) in [4.78, 5) is 26.2. The Kier molecular flexibility index (Phi) is 7.27. The van der Waals surface area contributed by atoms with Gasteiger partial charge in [0.15, 0.2) is 0 Å². The predicted molar refractivity (Wildman–Crippen MR) is 109 cm³/mol. The smallest absolute Gasteiger partial charge is 0.256 e. The monoisotopic (exact) mass is 370 g/mol. The second-order valence-electron chi connectivity index (χ2n) is 6.77. The number of nitrogens with one attached hydrogen (secondary N) is 2. The molecule has 0 aliphatic rings. The van der Waals surface area contributed by atoms with E-state index in [-0.39, 0.29) is 11.8 Å². The zero-order chi connectivity index (χ0) is 19.1. The van der Waals surface area contributed by atoms with Crippen LogP contribution in [0.1, 0.15) is 48.4 Å². The summed E-state index contributed by atoms with van der Waals surface area (Å²) >= 11 is 1.65. The van der Waals surface area contributed by atoms with Crippen molar-refractivity contribution in [2.24, 2.45) is 5.92 Å². The molecule has 2 aromatic rings. The number of anilines is 1. The van der Waals surface area contributed by atoms with Crippen molar-refractivity contribution in [2.75, 3.05) is 11.9 Å². The molecule has 2 amide bonds. The van der Waals surface area contributed by atoms with Gasteiger partial charge in [-0.15, -0.1) is 11.8 Å². The van der Waals surface area contributed by atoms with Crippen molar-refractivity contribution in [3.63, 3.8) is 0 Å². The number of hydrogen-bond donors (Lipinski definition) is 2. The van der Waals surface area contributed by atoms with E-state index in [0.717, 1.165) is 4.90 Å². The summed E-state index contributed by atoms with van der Waals surface area (Å²) in [5, 5.41) is 6.16. The lowest BCUT2D eigenvalue weighted by Gasteiger charge is -2.14. The second kappa shape index (κ2) is 9.43. The summed E-state index contributed by atoms with van der Waals surface area (Å²) in [7, 11) is 0. The van der Waals surface area contributed by atoms with E-state index in [4.69, 9.17) is 0 Å². The Bertz CT molecular complexity index is 772. The van der Waals surface area contributed by atoms with E-state index in [0.29, 0.717) is 34.5 Å². The maximum absolute atomic E-state index is 12.8. The molecule has 0 atom stereocenters. The molecule has 0 aliphatic carbocycles. The number of hydrogen-bond acceptors (Lipinski definition) is 3. The largest absolute Gasteiger partial charge is 0.352 e. The first-order valence-electron chi connectivity index (χ1n) is 8.82. The van der Waals surface area contributed by atoms with E-state index in [1.807, 2.05) is 44.2 Å².